The largest absolute Gasteiger partial charge is 0.506 e. The van der Waals surface area contributed by atoms with Gasteiger partial charge in [-0.1, -0.05) is 30.0 Å². The number of carbonyl (C=O) groups is 1. The van der Waals surface area contributed by atoms with E-state index in [1.54, 1.807) is 49.4 Å². The number of hydrogen-bond donors (Lipinski definition) is 1. The molecule has 0 aromatic heterocycles. The third kappa shape index (κ3) is 6.91. The quantitative estimate of drug-likeness (QED) is 0.140. The number of rotatable bonds is 10. The number of carbonyl (C=O) groups excluding carboxylic acids is 1. The Hall–Kier alpha value is -4.09. The Morgan fingerprint density at radius 3 is 2.45 bits per heavy atom. The highest BCUT2D eigenvalue weighted by Crippen LogP contribution is 2.43. The Bertz CT molecular complexity index is 1500. The van der Waals surface area contributed by atoms with E-state index >= 15 is 0 Å². The zero-order chi connectivity index (χ0) is 28.6. The maximum atomic E-state index is 12.7. The number of aliphatic imine (C=N–C) groups is 1. The number of esters is 1. The average molecular weight is 625 g/mol. The van der Waals surface area contributed by atoms with Gasteiger partial charge in [0, 0.05) is 12.1 Å². The molecular formula is C29H25BrN2O7S. The van der Waals surface area contributed by atoms with Crippen LogP contribution < -0.4 is 9.47 Å². The number of ether oxygens (including phenoxy) is 3. The first kappa shape index (κ1) is 28.9. The van der Waals surface area contributed by atoms with Crippen LogP contribution in [0.4, 0.5) is 11.4 Å². The van der Waals surface area contributed by atoms with Crippen molar-refractivity contribution in [1.29, 1.82) is 0 Å². The van der Waals surface area contributed by atoms with Crippen molar-refractivity contribution in [3.05, 3.63) is 109 Å². The number of nitrogens with zero attached hydrogens (tertiary/aromatic N) is 2. The molecule has 0 unspecified atom stereocenters. The first-order chi connectivity index (χ1) is 19.3. The standard InChI is InChI=1S/C29H25BrN2O7S/c1-3-37-23-15-19(14-22(30)27(23)39-17-18-10-12-21(13-11-18)32(35)36)16-24-26(33)25(29(34)38-4-2)28(40-24)31-20-8-6-5-7-9-20/h5-16,33H,3-4,17H2,1-2H3/b24-16-,31-28?. The Morgan fingerprint density at radius 1 is 1.07 bits per heavy atom. The van der Waals surface area contributed by atoms with Gasteiger partial charge in [0.2, 0.25) is 0 Å². The number of non-ortho nitro benzene ring substituents is 1. The number of benzene rings is 3. The second-order valence-electron chi connectivity index (χ2n) is 8.28. The Morgan fingerprint density at radius 2 is 1.80 bits per heavy atom. The lowest BCUT2D eigenvalue weighted by Gasteiger charge is -2.15. The lowest BCUT2D eigenvalue weighted by atomic mass is 10.1. The molecule has 1 heterocycles. The number of nitro groups is 1. The monoisotopic (exact) mass is 624 g/mol. The summed E-state index contributed by atoms with van der Waals surface area (Å²) in [6.45, 7) is 4.24. The molecular weight excluding hydrogens is 600 g/mol. The van der Waals surface area contributed by atoms with Gasteiger partial charge in [0.1, 0.15) is 23.0 Å². The second kappa shape index (κ2) is 13.3. The van der Waals surface area contributed by atoms with E-state index in [1.807, 2.05) is 25.1 Å². The summed E-state index contributed by atoms with van der Waals surface area (Å²) in [6.07, 6.45) is 1.72. The fourth-order valence-electron chi connectivity index (χ4n) is 3.71. The van der Waals surface area contributed by atoms with E-state index < -0.39 is 10.9 Å². The van der Waals surface area contributed by atoms with Crippen molar-refractivity contribution < 1.29 is 29.0 Å². The molecule has 0 saturated heterocycles. The van der Waals surface area contributed by atoms with Gasteiger partial charge in [-0.05, 0) is 83.4 Å². The molecule has 1 aliphatic rings. The number of para-hydroxylation sites is 1. The van der Waals surface area contributed by atoms with Gasteiger partial charge < -0.3 is 19.3 Å². The minimum atomic E-state index is -0.656. The van der Waals surface area contributed by atoms with E-state index in [0.717, 1.165) is 17.3 Å². The van der Waals surface area contributed by atoms with Crippen molar-refractivity contribution in [3.8, 4) is 11.5 Å². The molecule has 0 radical (unpaired) electrons. The van der Waals surface area contributed by atoms with Crippen molar-refractivity contribution in [2.75, 3.05) is 13.2 Å². The van der Waals surface area contributed by atoms with Crippen LogP contribution in [0.3, 0.4) is 0 Å². The minimum absolute atomic E-state index is 0.00231. The maximum absolute atomic E-state index is 12.7. The van der Waals surface area contributed by atoms with E-state index in [0.29, 0.717) is 43.8 Å². The molecule has 0 atom stereocenters. The van der Waals surface area contributed by atoms with E-state index in [2.05, 4.69) is 20.9 Å². The zero-order valence-corrected chi connectivity index (χ0v) is 24.0. The van der Waals surface area contributed by atoms with Crippen LogP contribution in [0.5, 0.6) is 11.5 Å². The molecule has 0 aliphatic carbocycles. The van der Waals surface area contributed by atoms with Gasteiger partial charge in [-0.25, -0.2) is 9.79 Å². The highest BCUT2D eigenvalue weighted by atomic mass is 79.9. The highest BCUT2D eigenvalue weighted by Gasteiger charge is 2.33. The number of halogens is 1. The third-order valence-electron chi connectivity index (χ3n) is 5.52. The summed E-state index contributed by atoms with van der Waals surface area (Å²) in [4.78, 5) is 28.1. The summed E-state index contributed by atoms with van der Waals surface area (Å²) in [5.41, 5.74) is 2.07. The van der Waals surface area contributed by atoms with Gasteiger partial charge in [0.15, 0.2) is 11.5 Å². The fourth-order valence-corrected chi connectivity index (χ4v) is 5.32. The predicted octanol–water partition coefficient (Wildman–Crippen LogP) is 7.53. The molecule has 206 valence electrons. The average Bonchev–Trinajstić information content (AvgIpc) is 3.23. The normalized spacial score (nSPS) is 15.0. The molecule has 0 amide bonds. The zero-order valence-electron chi connectivity index (χ0n) is 21.6. The molecule has 0 fully saturated rings. The molecule has 40 heavy (non-hydrogen) atoms. The van der Waals surface area contributed by atoms with Gasteiger partial charge in [-0.3, -0.25) is 10.1 Å². The lowest BCUT2D eigenvalue weighted by Crippen LogP contribution is -2.12. The van der Waals surface area contributed by atoms with Crippen molar-refractivity contribution in [1.82, 2.24) is 0 Å². The topological polar surface area (TPSA) is 120 Å². The molecule has 11 heteroatoms. The van der Waals surface area contributed by atoms with Crippen molar-refractivity contribution in [2.45, 2.75) is 20.5 Å². The highest BCUT2D eigenvalue weighted by molar-refractivity contribution is 9.10. The first-order valence-electron chi connectivity index (χ1n) is 12.3. The SMILES string of the molecule is CCOC(=O)C1=C(O)/C(=C/c2cc(Br)c(OCc3ccc([N+](=O)[O-])cc3)c(OCC)c2)SC1=Nc1ccccc1. The first-order valence-corrected chi connectivity index (χ1v) is 13.9. The van der Waals surface area contributed by atoms with Crippen LogP contribution in [0, 0.1) is 10.1 Å². The number of nitro benzene ring substituents is 1. The van der Waals surface area contributed by atoms with Gasteiger partial charge in [-0.2, -0.15) is 0 Å². The van der Waals surface area contributed by atoms with Crippen LogP contribution in [-0.2, 0) is 16.1 Å². The minimum Gasteiger partial charge on any atom is -0.506 e. The Kier molecular flexibility index (Phi) is 9.62. The Balaban J connectivity index is 1.64. The second-order valence-corrected chi connectivity index (χ2v) is 10.2. The smallest absolute Gasteiger partial charge is 0.344 e. The number of hydrogen-bond acceptors (Lipinski definition) is 9. The summed E-state index contributed by atoms with van der Waals surface area (Å²) in [7, 11) is 0. The number of aliphatic hydroxyl groups excluding tert-OH is 1. The van der Waals surface area contributed by atoms with E-state index in [-0.39, 0.29) is 30.2 Å². The van der Waals surface area contributed by atoms with Crippen LogP contribution in [0.2, 0.25) is 0 Å². The molecule has 9 nitrogen and oxygen atoms in total. The summed E-state index contributed by atoms with van der Waals surface area (Å²) in [5.74, 6) is 0.0445. The molecule has 0 spiro atoms. The summed E-state index contributed by atoms with van der Waals surface area (Å²) in [5, 5.41) is 22.3. The summed E-state index contributed by atoms with van der Waals surface area (Å²) < 4.78 is 17.6. The molecule has 3 aromatic carbocycles. The number of thioether (sulfide) groups is 1. The molecule has 0 bridgehead atoms. The van der Waals surface area contributed by atoms with Gasteiger partial charge in [-0.15, -0.1) is 0 Å². The van der Waals surface area contributed by atoms with E-state index in [9.17, 15) is 20.0 Å². The molecule has 0 saturated carbocycles. The van der Waals surface area contributed by atoms with Gasteiger partial charge >= 0.3 is 5.97 Å². The van der Waals surface area contributed by atoms with Crippen molar-refractivity contribution in [2.24, 2.45) is 4.99 Å². The molecule has 3 aromatic rings. The number of aliphatic hydroxyl groups is 1. The predicted molar refractivity (Wildman–Crippen MR) is 158 cm³/mol. The van der Waals surface area contributed by atoms with E-state index in [1.165, 1.54) is 12.1 Å². The molecule has 1 aliphatic heterocycles. The lowest BCUT2D eigenvalue weighted by molar-refractivity contribution is -0.384. The van der Waals surface area contributed by atoms with Gasteiger partial charge in [0.05, 0.1) is 33.2 Å². The Labute approximate surface area is 243 Å². The van der Waals surface area contributed by atoms with Crippen LogP contribution in [0.25, 0.3) is 6.08 Å². The van der Waals surface area contributed by atoms with Crippen LogP contribution in [0.15, 0.2) is 92.4 Å². The fraction of sp³-hybridized carbons (Fsp3) is 0.172. The van der Waals surface area contributed by atoms with Crippen LogP contribution in [-0.4, -0.2) is 34.3 Å². The van der Waals surface area contributed by atoms with Crippen molar-refractivity contribution >= 4 is 56.2 Å². The van der Waals surface area contributed by atoms with E-state index in [4.69, 9.17) is 14.2 Å². The van der Waals surface area contributed by atoms with Crippen LogP contribution >= 0.6 is 27.7 Å². The van der Waals surface area contributed by atoms with Crippen molar-refractivity contribution in [3.63, 3.8) is 0 Å². The van der Waals surface area contributed by atoms with Gasteiger partial charge in [0.25, 0.3) is 5.69 Å². The third-order valence-corrected chi connectivity index (χ3v) is 7.13. The molecule has 1 N–H and O–H groups in total. The maximum Gasteiger partial charge on any atom is 0.344 e. The summed E-state index contributed by atoms with van der Waals surface area (Å²) >= 11 is 4.71. The summed E-state index contributed by atoms with van der Waals surface area (Å²) in [6, 6.07) is 18.8. The molecule has 4 rings (SSSR count). The van der Waals surface area contributed by atoms with Crippen LogP contribution in [0.1, 0.15) is 25.0 Å².